The Labute approximate surface area is 239 Å². The number of aryl methyl sites for hydroxylation is 3. The molecule has 218 valence electrons. The fourth-order valence-corrected chi connectivity index (χ4v) is 5.16. The molecule has 0 amide bonds. The molecule has 0 radical (unpaired) electrons. The third-order valence-corrected chi connectivity index (χ3v) is 7.96. The van der Waals surface area contributed by atoms with Crippen LogP contribution in [0, 0.1) is 11.8 Å². The number of ether oxygens (including phenoxy) is 2. The van der Waals surface area contributed by atoms with Crippen LogP contribution in [0.2, 0.25) is 0 Å². The lowest BCUT2D eigenvalue weighted by Crippen LogP contribution is -2.24. The fraction of sp³-hybridized carbons (Fsp3) is 0.529. The summed E-state index contributed by atoms with van der Waals surface area (Å²) in [7, 11) is 0. The van der Waals surface area contributed by atoms with Crippen LogP contribution in [0.25, 0.3) is 0 Å². The summed E-state index contributed by atoms with van der Waals surface area (Å²) < 4.78 is 10.8. The molecule has 0 saturated carbocycles. The van der Waals surface area contributed by atoms with Crippen molar-refractivity contribution < 1.29 is 29.3 Å². The van der Waals surface area contributed by atoms with Crippen molar-refractivity contribution in [2.75, 3.05) is 26.4 Å². The highest BCUT2D eigenvalue weighted by molar-refractivity contribution is 5.87. The Kier molecular flexibility index (Phi) is 12.9. The van der Waals surface area contributed by atoms with E-state index in [2.05, 4.69) is 49.9 Å². The third-order valence-electron chi connectivity index (χ3n) is 7.96. The van der Waals surface area contributed by atoms with Gasteiger partial charge in [-0.05, 0) is 85.6 Å². The van der Waals surface area contributed by atoms with Gasteiger partial charge in [0.25, 0.3) is 0 Å². The minimum absolute atomic E-state index is 0.00253. The smallest absolute Gasteiger partial charge is 0.335 e. The van der Waals surface area contributed by atoms with E-state index in [0.29, 0.717) is 5.92 Å². The van der Waals surface area contributed by atoms with Gasteiger partial charge in [-0.3, -0.25) is 4.79 Å². The molecule has 3 atom stereocenters. The second-order valence-corrected chi connectivity index (χ2v) is 11.2. The minimum atomic E-state index is -0.672. The summed E-state index contributed by atoms with van der Waals surface area (Å²) in [4.78, 5) is 24.3. The topological polar surface area (TPSA) is 93.1 Å². The zero-order valence-corrected chi connectivity index (χ0v) is 24.2. The molecule has 0 spiro atoms. The second-order valence-electron chi connectivity index (χ2n) is 11.2. The molecule has 2 aromatic carbocycles. The number of carbonyl (C=O) groups excluding carboxylic acids is 2. The number of carbonyl (C=O) groups is 2. The van der Waals surface area contributed by atoms with Crippen molar-refractivity contribution in [2.45, 2.75) is 77.6 Å². The van der Waals surface area contributed by atoms with E-state index in [0.717, 1.165) is 31.2 Å². The molecule has 0 aromatic heterocycles. The number of unbranched alkanes of at least 4 members (excludes halogenated alkanes) is 2. The van der Waals surface area contributed by atoms with Gasteiger partial charge in [-0.1, -0.05) is 68.8 Å². The van der Waals surface area contributed by atoms with Crippen LogP contribution in [0.15, 0.2) is 54.6 Å². The SMILES string of the molecule is C=C(CO)C(=O)OCC(COC(=O)C(C)CO)c1ccc2c(c1)CCC(CCc1ccc(CCCCC)cc1)C2. The molecule has 0 bridgehead atoms. The first kappa shape index (κ1) is 31.6. The monoisotopic (exact) mass is 550 g/mol. The number of esters is 2. The maximum atomic E-state index is 12.2. The van der Waals surface area contributed by atoms with Crippen LogP contribution in [-0.4, -0.2) is 48.6 Å². The molecule has 40 heavy (non-hydrogen) atoms. The molecule has 3 unspecified atom stereocenters. The van der Waals surface area contributed by atoms with Crippen molar-refractivity contribution in [1.82, 2.24) is 0 Å². The van der Waals surface area contributed by atoms with Crippen molar-refractivity contribution >= 4 is 11.9 Å². The molecule has 2 aromatic rings. The second kappa shape index (κ2) is 16.3. The van der Waals surface area contributed by atoms with E-state index in [9.17, 15) is 14.7 Å². The zero-order valence-electron chi connectivity index (χ0n) is 24.2. The average Bonchev–Trinajstić information content (AvgIpc) is 2.99. The van der Waals surface area contributed by atoms with Crippen LogP contribution in [0.5, 0.6) is 0 Å². The largest absolute Gasteiger partial charge is 0.465 e. The van der Waals surface area contributed by atoms with Gasteiger partial charge < -0.3 is 19.7 Å². The maximum Gasteiger partial charge on any atom is 0.335 e. The molecule has 1 aliphatic carbocycles. The van der Waals surface area contributed by atoms with Gasteiger partial charge in [0, 0.05) is 0 Å². The summed E-state index contributed by atoms with van der Waals surface area (Å²) >= 11 is 0. The Morgan fingerprint density at radius 2 is 1.68 bits per heavy atom. The Morgan fingerprint density at radius 3 is 2.35 bits per heavy atom. The first-order valence-electron chi connectivity index (χ1n) is 14.8. The van der Waals surface area contributed by atoms with Gasteiger partial charge >= 0.3 is 11.9 Å². The van der Waals surface area contributed by atoms with Crippen LogP contribution in [0.1, 0.15) is 79.7 Å². The molecule has 0 heterocycles. The Morgan fingerprint density at radius 1 is 0.975 bits per heavy atom. The molecule has 1 aliphatic rings. The molecule has 6 heteroatoms. The highest BCUT2D eigenvalue weighted by Crippen LogP contribution is 2.31. The number of fused-ring (bicyclic) bond motifs is 1. The molecular weight excluding hydrogens is 504 g/mol. The maximum absolute atomic E-state index is 12.2. The van der Waals surface area contributed by atoms with Crippen molar-refractivity contribution in [3.63, 3.8) is 0 Å². The summed E-state index contributed by atoms with van der Waals surface area (Å²) in [6.07, 6.45) is 10.4. The summed E-state index contributed by atoms with van der Waals surface area (Å²) in [6.45, 7) is 6.61. The van der Waals surface area contributed by atoms with Gasteiger partial charge in [0.2, 0.25) is 0 Å². The lowest BCUT2D eigenvalue weighted by molar-refractivity contribution is -0.150. The van der Waals surface area contributed by atoms with Crippen molar-refractivity contribution in [3.05, 3.63) is 82.4 Å². The van der Waals surface area contributed by atoms with Gasteiger partial charge in [-0.2, -0.15) is 0 Å². The first-order valence-corrected chi connectivity index (χ1v) is 14.8. The molecule has 3 rings (SSSR count). The van der Waals surface area contributed by atoms with Gasteiger partial charge in [0.1, 0.15) is 13.2 Å². The van der Waals surface area contributed by atoms with E-state index in [1.54, 1.807) is 6.92 Å². The van der Waals surface area contributed by atoms with Crippen molar-refractivity contribution in [2.24, 2.45) is 11.8 Å². The Bertz CT molecular complexity index is 1110. The summed E-state index contributed by atoms with van der Waals surface area (Å²) in [5.41, 5.74) is 6.39. The Balaban J connectivity index is 1.60. The minimum Gasteiger partial charge on any atom is -0.465 e. The Hall–Kier alpha value is -2.96. The van der Waals surface area contributed by atoms with Crippen LogP contribution in [-0.2, 0) is 44.7 Å². The average molecular weight is 551 g/mol. The zero-order chi connectivity index (χ0) is 28.9. The molecule has 0 saturated heterocycles. The van der Waals surface area contributed by atoms with E-state index >= 15 is 0 Å². The lowest BCUT2D eigenvalue weighted by atomic mass is 9.80. The van der Waals surface area contributed by atoms with Crippen LogP contribution in [0.4, 0.5) is 0 Å². The van der Waals surface area contributed by atoms with E-state index in [1.165, 1.54) is 54.4 Å². The van der Waals surface area contributed by atoms with E-state index in [1.807, 2.05) is 6.07 Å². The molecule has 0 fully saturated rings. The highest BCUT2D eigenvalue weighted by atomic mass is 16.5. The number of benzene rings is 2. The number of aliphatic hydroxyl groups excluding tert-OH is 2. The van der Waals surface area contributed by atoms with Gasteiger partial charge in [-0.25, -0.2) is 4.79 Å². The van der Waals surface area contributed by atoms with Crippen molar-refractivity contribution in [1.29, 1.82) is 0 Å². The quantitative estimate of drug-likeness (QED) is 0.163. The van der Waals surface area contributed by atoms with E-state index in [4.69, 9.17) is 14.6 Å². The molecule has 2 N–H and O–H groups in total. The first-order chi connectivity index (χ1) is 19.3. The van der Waals surface area contributed by atoms with Crippen LogP contribution < -0.4 is 0 Å². The number of aliphatic hydroxyl groups is 2. The van der Waals surface area contributed by atoms with Gasteiger partial charge in [-0.15, -0.1) is 0 Å². The third kappa shape index (κ3) is 9.60. The van der Waals surface area contributed by atoms with E-state index in [-0.39, 0.29) is 31.3 Å². The normalized spacial score (nSPS) is 16.1. The summed E-state index contributed by atoms with van der Waals surface area (Å²) in [5.74, 6) is -1.51. The van der Waals surface area contributed by atoms with Crippen LogP contribution >= 0.6 is 0 Å². The lowest BCUT2D eigenvalue weighted by Gasteiger charge is -2.26. The summed E-state index contributed by atoms with van der Waals surface area (Å²) in [5, 5.41) is 18.4. The molecule has 6 nitrogen and oxygen atoms in total. The standard InChI is InChI=1S/C34H46O6/c1-4-5-6-7-26-8-10-27(11-9-26)12-13-28-14-15-30-19-31(17-16-29(30)18-28)32(22-39-33(37)24(2)20-35)23-40-34(38)25(3)21-36/h8-11,16-17,19,25,28,32,35-36H,2,4-7,12-15,18,20-23H2,1,3H3. The summed E-state index contributed by atoms with van der Waals surface area (Å²) in [6, 6.07) is 15.5. The van der Waals surface area contributed by atoms with Gasteiger partial charge in [0.15, 0.2) is 0 Å². The van der Waals surface area contributed by atoms with Gasteiger partial charge in [0.05, 0.1) is 30.6 Å². The number of hydrogen-bond acceptors (Lipinski definition) is 6. The fourth-order valence-electron chi connectivity index (χ4n) is 5.16. The van der Waals surface area contributed by atoms with E-state index < -0.39 is 24.5 Å². The number of hydrogen-bond donors (Lipinski definition) is 2. The highest BCUT2D eigenvalue weighted by Gasteiger charge is 2.24. The predicted octanol–water partition coefficient (Wildman–Crippen LogP) is 5.50. The predicted molar refractivity (Wildman–Crippen MR) is 157 cm³/mol. The number of rotatable bonds is 16. The van der Waals surface area contributed by atoms with Crippen molar-refractivity contribution in [3.8, 4) is 0 Å². The molecule has 0 aliphatic heterocycles. The molecular formula is C34H46O6. The van der Waals surface area contributed by atoms with Crippen LogP contribution in [0.3, 0.4) is 0 Å².